The van der Waals surface area contributed by atoms with E-state index in [1.54, 1.807) is 48.4 Å². The summed E-state index contributed by atoms with van der Waals surface area (Å²) in [4.78, 5) is 21.0. The van der Waals surface area contributed by atoms with Crippen LogP contribution in [0.1, 0.15) is 23.0 Å². The second-order valence-corrected chi connectivity index (χ2v) is 6.09. The number of benzene rings is 1. The van der Waals surface area contributed by atoms with Gasteiger partial charge in [0, 0.05) is 18.0 Å². The number of imidazole rings is 1. The number of halogens is 2. The fourth-order valence-electron chi connectivity index (χ4n) is 2.46. The molecule has 0 aliphatic rings. The standard InChI is InChI=1S/C18H15Cl2N3O2/c1-2-25-18(24)17-16(13-5-6-14(19)15(20)8-13)22-11-23(17)10-12-4-3-7-21-9-12/h3-9,11H,2,10H2,1H3. The first-order valence-corrected chi connectivity index (χ1v) is 8.42. The highest BCUT2D eigenvalue weighted by molar-refractivity contribution is 6.42. The van der Waals surface area contributed by atoms with Gasteiger partial charge in [-0.05, 0) is 30.7 Å². The van der Waals surface area contributed by atoms with Crippen molar-refractivity contribution in [3.63, 3.8) is 0 Å². The largest absolute Gasteiger partial charge is 0.461 e. The van der Waals surface area contributed by atoms with Crippen LogP contribution in [0.25, 0.3) is 11.3 Å². The summed E-state index contributed by atoms with van der Waals surface area (Å²) in [6.07, 6.45) is 5.05. The highest BCUT2D eigenvalue weighted by Crippen LogP contribution is 2.30. The Balaban J connectivity index is 2.06. The molecule has 0 aliphatic carbocycles. The molecule has 0 spiro atoms. The van der Waals surface area contributed by atoms with E-state index in [9.17, 15) is 4.79 Å². The van der Waals surface area contributed by atoms with Gasteiger partial charge in [0.05, 0.1) is 29.5 Å². The molecule has 0 bridgehead atoms. The van der Waals surface area contributed by atoms with Crippen LogP contribution in [0, 0.1) is 0 Å². The summed E-state index contributed by atoms with van der Waals surface area (Å²) in [5.74, 6) is -0.440. The summed E-state index contributed by atoms with van der Waals surface area (Å²) in [6.45, 7) is 2.49. The Labute approximate surface area is 155 Å². The number of hydrogen-bond donors (Lipinski definition) is 0. The van der Waals surface area contributed by atoms with Crippen LogP contribution < -0.4 is 0 Å². The van der Waals surface area contributed by atoms with E-state index >= 15 is 0 Å². The highest BCUT2D eigenvalue weighted by atomic mass is 35.5. The Kier molecular flexibility index (Phi) is 5.36. The van der Waals surface area contributed by atoms with E-state index in [-0.39, 0.29) is 6.61 Å². The first kappa shape index (κ1) is 17.5. The lowest BCUT2D eigenvalue weighted by Crippen LogP contribution is -2.13. The van der Waals surface area contributed by atoms with Crippen molar-refractivity contribution in [2.75, 3.05) is 6.61 Å². The summed E-state index contributed by atoms with van der Waals surface area (Å²) < 4.78 is 6.95. The van der Waals surface area contributed by atoms with Gasteiger partial charge in [-0.1, -0.05) is 35.3 Å². The first-order chi connectivity index (χ1) is 12.1. The molecule has 0 fully saturated rings. The van der Waals surface area contributed by atoms with Crippen LogP contribution in [-0.2, 0) is 11.3 Å². The third kappa shape index (κ3) is 3.83. The Hall–Kier alpha value is -2.37. The van der Waals surface area contributed by atoms with Gasteiger partial charge in [-0.2, -0.15) is 0 Å². The smallest absolute Gasteiger partial charge is 0.357 e. The van der Waals surface area contributed by atoms with Crippen LogP contribution in [0.5, 0.6) is 0 Å². The van der Waals surface area contributed by atoms with Gasteiger partial charge in [-0.25, -0.2) is 9.78 Å². The lowest BCUT2D eigenvalue weighted by molar-refractivity contribution is 0.0515. The number of ether oxygens (including phenoxy) is 1. The van der Waals surface area contributed by atoms with Crippen molar-refractivity contribution in [3.05, 3.63) is 70.4 Å². The van der Waals surface area contributed by atoms with Gasteiger partial charge in [0.2, 0.25) is 0 Å². The normalized spacial score (nSPS) is 10.7. The molecule has 0 radical (unpaired) electrons. The van der Waals surface area contributed by atoms with Crippen LogP contribution in [-0.4, -0.2) is 27.1 Å². The molecule has 0 amide bonds. The fraction of sp³-hybridized carbons (Fsp3) is 0.167. The SMILES string of the molecule is CCOC(=O)c1c(-c2ccc(Cl)c(Cl)c2)ncn1Cc1cccnc1. The van der Waals surface area contributed by atoms with Crippen molar-refractivity contribution in [2.24, 2.45) is 0 Å². The number of esters is 1. The quantitative estimate of drug-likeness (QED) is 0.617. The zero-order valence-corrected chi connectivity index (χ0v) is 15.0. The predicted molar refractivity (Wildman–Crippen MR) is 97.0 cm³/mol. The van der Waals surface area contributed by atoms with E-state index in [0.29, 0.717) is 33.5 Å². The van der Waals surface area contributed by atoms with Crippen LogP contribution in [0.3, 0.4) is 0 Å². The average molecular weight is 376 g/mol. The molecule has 0 saturated heterocycles. The summed E-state index contributed by atoms with van der Waals surface area (Å²) in [5, 5.41) is 0.841. The topological polar surface area (TPSA) is 57.0 Å². The Morgan fingerprint density at radius 2 is 2.08 bits per heavy atom. The molecule has 0 aliphatic heterocycles. The second-order valence-electron chi connectivity index (χ2n) is 5.28. The number of nitrogens with zero attached hydrogens (tertiary/aromatic N) is 3. The van der Waals surface area contributed by atoms with Crippen molar-refractivity contribution < 1.29 is 9.53 Å². The highest BCUT2D eigenvalue weighted by Gasteiger charge is 2.22. The maximum atomic E-state index is 12.5. The lowest BCUT2D eigenvalue weighted by Gasteiger charge is -2.10. The lowest BCUT2D eigenvalue weighted by atomic mass is 10.1. The molecule has 3 aromatic rings. The summed E-state index contributed by atoms with van der Waals surface area (Å²) >= 11 is 12.1. The molecule has 2 aromatic heterocycles. The van der Waals surface area contributed by atoms with E-state index in [1.165, 1.54) is 0 Å². The van der Waals surface area contributed by atoms with Crippen molar-refractivity contribution in [1.82, 2.24) is 14.5 Å². The monoisotopic (exact) mass is 375 g/mol. The van der Waals surface area contributed by atoms with Crippen molar-refractivity contribution in [3.8, 4) is 11.3 Å². The van der Waals surface area contributed by atoms with Crippen LogP contribution in [0.2, 0.25) is 10.0 Å². The van der Waals surface area contributed by atoms with Crippen molar-refractivity contribution in [2.45, 2.75) is 13.5 Å². The maximum absolute atomic E-state index is 12.5. The molecule has 0 saturated carbocycles. The van der Waals surface area contributed by atoms with E-state index in [1.807, 2.05) is 12.1 Å². The van der Waals surface area contributed by atoms with Gasteiger partial charge < -0.3 is 9.30 Å². The van der Waals surface area contributed by atoms with E-state index in [4.69, 9.17) is 27.9 Å². The molecule has 0 atom stereocenters. The molecular formula is C18H15Cl2N3O2. The molecule has 128 valence electrons. The molecule has 0 N–H and O–H groups in total. The number of pyridine rings is 1. The van der Waals surface area contributed by atoms with Crippen molar-refractivity contribution in [1.29, 1.82) is 0 Å². The molecule has 25 heavy (non-hydrogen) atoms. The predicted octanol–water partition coefficient (Wildman–Crippen LogP) is 4.48. The summed E-state index contributed by atoms with van der Waals surface area (Å²) in [5.41, 5.74) is 2.51. The van der Waals surface area contributed by atoms with Gasteiger partial charge >= 0.3 is 5.97 Å². The van der Waals surface area contributed by atoms with Gasteiger partial charge in [-0.15, -0.1) is 0 Å². The second kappa shape index (κ2) is 7.68. The van der Waals surface area contributed by atoms with Crippen molar-refractivity contribution >= 4 is 29.2 Å². The minimum Gasteiger partial charge on any atom is -0.461 e. The van der Waals surface area contributed by atoms with E-state index in [2.05, 4.69) is 9.97 Å². The van der Waals surface area contributed by atoms with Gasteiger partial charge in [0.1, 0.15) is 5.69 Å². The molecule has 2 heterocycles. The van der Waals surface area contributed by atoms with Crippen LogP contribution in [0.15, 0.2) is 49.1 Å². The zero-order chi connectivity index (χ0) is 17.8. The molecule has 1 aromatic carbocycles. The average Bonchev–Trinajstić information content (AvgIpc) is 3.02. The van der Waals surface area contributed by atoms with Crippen LogP contribution >= 0.6 is 23.2 Å². The Morgan fingerprint density at radius 3 is 2.76 bits per heavy atom. The van der Waals surface area contributed by atoms with E-state index in [0.717, 1.165) is 5.56 Å². The van der Waals surface area contributed by atoms with E-state index < -0.39 is 5.97 Å². The molecule has 7 heteroatoms. The Morgan fingerprint density at radius 1 is 1.24 bits per heavy atom. The van der Waals surface area contributed by atoms with Crippen LogP contribution in [0.4, 0.5) is 0 Å². The fourth-order valence-corrected chi connectivity index (χ4v) is 2.76. The zero-order valence-electron chi connectivity index (χ0n) is 13.4. The molecule has 3 rings (SSSR count). The van der Waals surface area contributed by atoms with Gasteiger partial charge in [0.15, 0.2) is 5.69 Å². The molecule has 0 unspecified atom stereocenters. The number of carbonyl (C=O) groups excluding carboxylic acids is 1. The minimum atomic E-state index is -0.440. The minimum absolute atomic E-state index is 0.276. The summed E-state index contributed by atoms with van der Waals surface area (Å²) in [7, 11) is 0. The first-order valence-electron chi connectivity index (χ1n) is 7.66. The number of aromatic nitrogens is 3. The molecular weight excluding hydrogens is 361 g/mol. The number of rotatable bonds is 5. The third-order valence-electron chi connectivity index (χ3n) is 3.58. The number of hydrogen-bond acceptors (Lipinski definition) is 4. The molecule has 5 nitrogen and oxygen atoms in total. The Bertz CT molecular complexity index is 895. The third-order valence-corrected chi connectivity index (χ3v) is 4.31. The van der Waals surface area contributed by atoms with Gasteiger partial charge in [0.25, 0.3) is 0 Å². The maximum Gasteiger partial charge on any atom is 0.357 e. The number of carbonyl (C=O) groups is 1. The summed E-state index contributed by atoms with van der Waals surface area (Å²) in [6, 6.07) is 8.91. The van der Waals surface area contributed by atoms with Gasteiger partial charge in [-0.3, -0.25) is 4.98 Å².